The van der Waals surface area contributed by atoms with Gasteiger partial charge in [0.25, 0.3) is 5.69 Å². The Bertz CT molecular complexity index is 1210. The van der Waals surface area contributed by atoms with Gasteiger partial charge in [-0.1, -0.05) is 18.2 Å². The average Bonchev–Trinajstić information content (AvgIpc) is 2.91. The van der Waals surface area contributed by atoms with Gasteiger partial charge >= 0.3 is 0 Å². The molecule has 1 aliphatic rings. The van der Waals surface area contributed by atoms with E-state index in [1.165, 1.54) is 31.4 Å². The molecule has 0 unspecified atom stereocenters. The summed E-state index contributed by atoms with van der Waals surface area (Å²) in [5.74, 6) is 0.956. The van der Waals surface area contributed by atoms with E-state index in [-0.39, 0.29) is 18.1 Å². The first-order chi connectivity index (χ1) is 17.0. The molecule has 1 fully saturated rings. The van der Waals surface area contributed by atoms with Crippen LogP contribution in [0.5, 0.6) is 11.5 Å². The number of benzene rings is 3. The number of carbonyl (C=O) groups is 1. The third-order valence-corrected chi connectivity index (χ3v) is 6.03. The summed E-state index contributed by atoms with van der Waals surface area (Å²) < 4.78 is 11.2. The largest absolute Gasteiger partial charge is 0.496 e. The van der Waals surface area contributed by atoms with Gasteiger partial charge in [-0.2, -0.15) is 0 Å². The fourth-order valence-corrected chi connectivity index (χ4v) is 4.12. The smallest absolute Gasteiger partial charge is 0.273 e. The van der Waals surface area contributed by atoms with Crippen molar-refractivity contribution < 1.29 is 19.2 Å². The maximum absolute atomic E-state index is 12.7. The first-order valence-electron chi connectivity index (χ1n) is 11.6. The van der Waals surface area contributed by atoms with Crippen LogP contribution in [0.3, 0.4) is 0 Å². The second-order valence-corrected chi connectivity index (χ2v) is 8.41. The number of ether oxygens (including phenoxy) is 2. The number of nitro groups is 1. The van der Waals surface area contributed by atoms with Gasteiger partial charge in [0, 0.05) is 36.0 Å². The van der Waals surface area contributed by atoms with E-state index in [0.29, 0.717) is 17.1 Å². The Morgan fingerprint density at radius 1 is 1.03 bits per heavy atom. The van der Waals surface area contributed by atoms with Gasteiger partial charge in [0.2, 0.25) is 0 Å². The Labute approximate surface area is 204 Å². The number of methoxy groups -OCH3 is 1. The fourth-order valence-electron chi connectivity index (χ4n) is 4.12. The number of rotatable bonds is 9. The molecule has 35 heavy (non-hydrogen) atoms. The molecule has 0 atom stereocenters. The second-order valence-electron chi connectivity index (χ2n) is 8.41. The highest BCUT2D eigenvalue weighted by molar-refractivity contribution is 6.07. The Morgan fingerprint density at radius 2 is 1.80 bits per heavy atom. The lowest BCUT2D eigenvalue weighted by Gasteiger charge is -2.28. The highest BCUT2D eigenvalue weighted by atomic mass is 16.6. The molecule has 0 saturated carbocycles. The van der Waals surface area contributed by atoms with Crippen molar-refractivity contribution in [3.8, 4) is 11.5 Å². The zero-order valence-corrected chi connectivity index (χ0v) is 19.7. The summed E-state index contributed by atoms with van der Waals surface area (Å²) in [6, 6.07) is 19.4. The van der Waals surface area contributed by atoms with Crippen molar-refractivity contribution in [3.63, 3.8) is 0 Å². The summed E-state index contributed by atoms with van der Waals surface area (Å²) in [5, 5.41) is 11.0. The first kappa shape index (κ1) is 24.0. The van der Waals surface area contributed by atoms with E-state index >= 15 is 0 Å². The Kier molecular flexibility index (Phi) is 7.77. The van der Waals surface area contributed by atoms with Crippen LogP contribution in [0.25, 0.3) is 6.08 Å². The van der Waals surface area contributed by atoms with Crippen LogP contribution in [0.4, 0.5) is 11.4 Å². The summed E-state index contributed by atoms with van der Waals surface area (Å²) in [6.07, 6.45) is 7.03. The molecular formula is C28H28N2O5. The van der Waals surface area contributed by atoms with E-state index in [1.54, 1.807) is 31.4 Å². The van der Waals surface area contributed by atoms with Crippen LogP contribution in [-0.4, -0.2) is 30.9 Å². The van der Waals surface area contributed by atoms with Crippen molar-refractivity contribution in [3.05, 3.63) is 99.6 Å². The summed E-state index contributed by atoms with van der Waals surface area (Å²) in [5.41, 5.74) is 3.35. The summed E-state index contributed by atoms with van der Waals surface area (Å²) in [4.78, 5) is 25.6. The molecule has 4 rings (SSSR count). The maximum atomic E-state index is 12.7. The van der Waals surface area contributed by atoms with Crippen LogP contribution in [0, 0.1) is 10.1 Å². The molecule has 0 bridgehead atoms. The van der Waals surface area contributed by atoms with E-state index < -0.39 is 4.92 Å². The highest BCUT2D eigenvalue weighted by Crippen LogP contribution is 2.25. The van der Waals surface area contributed by atoms with Crippen LogP contribution in [0.15, 0.2) is 72.8 Å². The molecular weight excluding hydrogens is 444 g/mol. The number of hydrogen-bond acceptors (Lipinski definition) is 6. The number of carbonyl (C=O) groups excluding carboxylic acids is 1. The molecule has 180 valence electrons. The zero-order valence-electron chi connectivity index (χ0n) is 19.7. The number of non-ortho nitro benzene ring substituents is 1. The minimum Gasteiger partial charge on any atom is -0.496 e. The van der Waals surface area contributed by atoms with E-state index in [9.17, 15) is 14.9 Å². The number of anilines is 1. The van der Waals surface area contributed by atoms with Crippen molar-refractivity contribution in [2.24, 2.45) is 0 Å². The summed E-state index contributed by atoms with van der Waals surface area (Å²) >= 11 is 0. The molecule has 0 N–H and O–H groups in total. The lowest BCUT2D eigenvalue weighted by atomic mass is 10.1. The summed E-state index contributed by atoms with van der Waals surface area (Å²) in [6.45, 7) is 2.30. The SMILES string of the molecule is COc1ccc(/C=C/C(=O)c2ccc(N3CCCCC3)cc2)cc1COc1cccc([N+](=O)[O-])c1. The quantitative estimate of drug-likeness (QED) is 0.163. The monoisotopic (exact) mass is 472 g/mol. The van der Waals surface area contributed by atoms with E-state index in [4.69, 9.17) is 9.47 Å². The number of nitro benzene ring substituents is 1. The number of allylic oxidation sites excluding steroid dienone is 1. The number of ketones is 1. The van der Waals surface area contributed by atoms with Gasteiger partial charge in [-0.3, -0.25) is 14.9 Å². The zero-order chi connectivity index (χ0) is 24.6. The Balaban J connectivity index is 1.42. The van der Waals surface area contributed by atoms with Gasteiger partial charge in [0.1, 0.15) is 18.1 Å². The van der Waals surface area contributed by atoms with E-state index in [1.807, 2.05) is 42.5 Å². The normalized spacial score (nSPS) is 13.6. The number of piperidine rings is 1. The van der Waals surface area contributed by atoms with Crippen molar-refractivity contribution in [1.82, 2.24) is 0 Å². The van der Waals surface area contributed by atoms with Crippen molar-refractivity contribution >= 4 is 23.2 Å². The molecule has 0 amide bonds. The fraction of sp³-hybridized carbons (Fsp3) is 0.250. The van der Waals surface area contributed by atoms with Gasteiger partial charge < -0.3 is 14.4 Å². The molecule has 7 heteroatoms. The molecule has 0 spiro atoms. The lowest BCUT2D eigenvalue weighted by molar-refractivity contribution is -0.384. The molecule has 3 aromatic rings. The van der Waals surface area contributed by atoms with Crippen molar-refractivity contribution in [2.45, 2.75) is 25.9 Å². The Hall–Kier alpha value is -4.13. The first-order valence-corrected chi connectivity index (χ1v) is 11.6. The van der Waals surface area contributed by atoms with Gasteiger partial charge in [-0.15, -0.1) is 0 Å². The van der Waals surface area contributed by atoms with Gasteiger partial charge in [0.15, 0.2) is 5.78 Å². The van der Waals surface area contributed by atoms with Crippen molar-refractivity contribution in [1.29, 1.82) is 0 Å². The third kappa shape index (κ3) is 6.26. The predicted octanol–water partition coefficient (Wildman–Crippen LogP) is 6.07. The van der Waals surface area contributed by atoms with Gasteiger partial charge in [0.05, 0.1) is 18.1 Å². The minimum absolute atomic E-state index is 0.0337. The van der Waals surface area contributed by atoms with Crippen molar-refractivity contribution in [2.75, 3.05) is 25.1 Å². The van der Waals surface area contributed by atoms with Crippen LogP contribution in [0.2, 0.25) is 0 Å². The second kappa shape index (κ2) is 11.3. The molecule has 0 aromatic heterocycles. The molecule has 0 radical (unpaired) electrons. The topological polar surface area (TPSA) is 81.9 Å². The van der Waals surface area contributed by atoms with Crippen LogP contribution < -0.4 is 14.4 Å². The van der Waals surface area contributed by atoms with E-state index in [0.717, 1.165) is 29.9 Å². The number of nitrogens with zero attached hydrogens (tertiary/aromatic N) is 2. The van der Waals surface area contributed by atoms with Crippen LogP contribution >= 0.6 is 0 Å². The van der Waals surface area contributed by atoms with Crippen LogP contribution in [-0.2, 0) is 6.61 Å². The van der Waals surface area contributed by atoms with Crippen LogP contribution in [0.1, 0.15) is 40.7 Å². The molecule has 1 saturated heterocycles. The average molecular weight is 473 g/mol. The summed E-state index contributed by atoms with van der Waals surface area (Å²) in [7, 11) is 1.57. The number of hydrogen-bond donors (Lipinski definition) is 0. The van der Waals surface area contributed by atoms with Gasteiger partial charge in [-0.25, -0.2) is 0 Å². The van der Waals surface area contributed by atoms with Gasteiger partial charge in [-0.05, 0) is 73.4 Å². The minimum atomic E-state index is -0.461. The van der Waals surface area contributed by atoms with E-state index in [2.05, 4.69) is 4.90 Å². The third-order valence-electron chi connectivity index (χ3n) is 6.03. The molecule has 1 aliphatic heterocycles. The standard InChI is InChI=1S/C28H28N2O5/c1-34-28-15-9-21(18-23(28)20-35-26-7-5-6-25(19-26)30(32)33)8-14-27(31)22-10-12-24(13-11-22)29-16-3-2-4-17-29/h5-15,18-19H,2-4,16-17,20H2,1H3/b14-8+. The maximum Gasteiger partial charge on any atom is 0.273 e. The molecule has 3 aromatic carbocycles. The predicted molar refractivity (Wildman–Crippen MR) is 136 cm³/mol. The molecule has 1 heterocycles. The Morgan fingerprint density at radius 3 is 2.51 bits per heavy atom. The molecule has 0 aliphatic carbocycles. The highest BCUT2D eigenvalue weighted by Gasteiger charge is 2.12. The lowest BCUT2D eigenvalue weighted by Crippen LogP contribution is -2.29. The molecule has 7 nitrogen and oxygen atoms in total.